The van der Waals surface area contributed by atoms with Crippen LogP contribution in [-0.2, 0) is 17.1 Å². The van der Waals surface area contributed by atoms with Crippen LogP contribution in [0, 0.1) is 18.7 Å². The third-order valence-electron chi connectivity index (χ3n) is 2.40. The first-order valence-electron chi connectivity index (χ1n) is 5.51. The molecule has 0 unspecified atom stereocenters. The van der Waals surface area contributed by atoms with Crippen molar-refractivity contribution >= 4 is 5.57 Å². The van der Waals surface area contributed by atoms with Crippen LogP contribution < -0.4 is 0 Å². The Morgan fingerprint density at radius 2 is 1.50 bits per heavy atom. The molecule has 0 nitrogen and oxygen atoms in total. The van der Waals surface area contributed by atoms with Gasteiger partial charge in [-0.15, -0.1) is 0 Å². The average Bonchev–Trinajstić information content (AvgIpc) is 3.06. The molecule has 0 aromatic heterocycles. The molecule has 2 radical (unpaired) electrons. The third kappa shape index (κ3) is 4.14. The molecule has 2 aliphatic rings. The molecule has 2 aliphatic carbocycles. The van der Waals surface area contributed by atoms with E-state index >= 15 is 0 Å². The van der Waals surface area contributed by atoms with Crippen LogP contribution in [0.15, 0.2) is 66.8 Å². The largest absolute Gasteiger partial charge is 0.206 e. The molecule has 1 aromatic rings. The van der Waals surface area contributed by atoms with Crippen molar-refractivity contribution in [2.75, 3.05) is 0 Å². The standard InChI is InChI=1S/C11H8F.C5H5.Fe/c12-11-8-4-3-7-10(11)9-5-1-2-6-9;1-2-4-5-3-1;/h1-8H;1-5H;. The first-order valence-corrected chi connectivity index (χ1v) is 5.51. The smallest absolute Gasteiger partial charge is 0.131 e. The van der Waals surface area contributed by atoms with Gasteiger partial charge in [-0.2, -0.15) is 0 Å². The molecular formula is C16H13FFe. The summed E-state index contributed by atoms with van der Waals surface area (Å²) < 4.78 is 13.2. The van der Waals surface area contributed by atoms with E-state index in [1.54, 1.807) is 12.1 Å². The molecule has 3 rings (SSSR count). The number of allylic oxidation sites excluding steroid dienone is 8. The van der Waals surface area contributed by atoms with Crippen molar-refractivity contribution in [3.8, 4) is 0 Å². The van der Waals surface area contributed by atoms with Gasteiger partial charge in [0.25, 0.3) is 0 Å². The predicted molar refractivity (Wildman–Crippen MR) is 70.4 cm³/mol. The number of halogens is 1. The Hall–Kier alpha value is -1.37. The van der Waals surface area contributed by atoms with Gasteiger partial charge >= 0.3 is 0 Å². The van der Waals surface area contributed by atoms with Gasteiger partial charge in [-0.05, 0) is 11.6 Å². The van der Waals surface area contributed by atoms with E-state index in [2.05, 4.69) is 0 Å². The van der Waals surface area contributed by atoms with Gasteiger partial charge in [0, 0.05) is 35.5 Å². The number of benzene rings is 1. The molecule has 0 saturated heterocycles. The summed E-state index contributed by atoms with van der Waals surface area (Å²) in [7, 11) is 0. The Morgan fingerprint density at radius 1 is 0.778 bits per heavy atom. The first kappa shape index (κ1) is 14.7. The Morgan fingerprint density at radius 3 is 2.00 bits per heavy atom. The minimum absolute atomic E-state index is 0. The third-order valence-corrected chi connectivity index (χ3v) is 2.40. The van der Waals surface area contributed by atoms with E-state index in [4.69, 9.17) is 0 Å². The average molecular weight is 280 g/mol. The molecule has 0 aliphatic heterocycles. The summed E-state index contributed by atoms with van der Waals surface area (Å²) in [4.78, 5) is 0. The summed E-state index contributed by atoms with van der Waals surface area (Å²) >= 11 is 0. The first-order chi connectivity index (χ1) is 8.38. The maximum absolute atomic E-state index is 13.2. The molecule has 0 N–H and O–H groups in total. The van der Waals surface area contributed by atoms with Crippen LogP contribution in [-0.4, -0.2) is 0 Å². The van der Waals surface area contributed by atoms with Crippen LogP contribution >= 0.6 is 0 Å². The fourth-order valence-corrected chi connectivity index (χ4v) is 1.57. The monoisotopic (exact) mass is 280 g/mol. The zero-order chi connectivity index (χ0) is 11.9. The van der Waals surface area contributed by atoms with Crippen LogP contribution in [0.2, 0.25) is 0 Å². The van der Waals surface area contributed by atoms with E-state index in [0.717, 1.165) is 5.57 Å². The summed E-state index contributed by atoms with van der Waals surface area (Å²) in [6, 6.07) is 6.79. The molecule has 18 heavy (non-hydrogen) atoms. The summed E-state index contributed by atoms with van der Waals surface area (Å²) in [5.74, 6) is -0.163. The second kappa shape index (κ2) is 7.86. The Kier molecular flexibility index (Phi) is 6.41. The normalized spacial score (nSPS) is 14.8. The van der Waals surface area contributed by atoms with Crippen LogP contribution in [0.1, 0.15) is 5.56 Å². The SMILES string of the molecule is Fc1ccccc1C1=C[CH]C=C1.[CH]1C=CC=C1.[Fe]. The van der Waals surface area contributed by atoms with Gasteiger partial charge in [0.2, 0.25) is 0 Å². The van der Waals surface area contributed by atoms with Crippen molar-refractivity contribution in [3.63, 3.8) is 0 Å². The predicted octanol–water partition coefficient (Wildman–Crippen LogP) is 4.30. The molecule has 92 valence electrons. The summed E-state index contributed by atoms with van der Waals surface area (Å²) in [5.41, 5.74) is 1.61. The zero-order valence-electron chi connectivity index (χ0n) is 9.74. The maximum Gasteiger partial charge on any atom is 0.131 e. The molecule has 1 aromatic carbocycles. The van der Waals surface area contributed by atoms with Gasteiger partial charge < -0.3 is 0 Å². The van der Waals surface area contributed by atoms with Gasteiger partial charge in [0.05, 0.1) is 0 Å². The van der Waals surface area contributed by atoms with Crippen molar-refractivity contribution in [1.29, 1.82) is 0 Å². The second-order valence-electron chi connectivity index (χ2n) is 3.62. The molecule has 0 amide bonds. The minimum Gasteiger partial charge on any atom is -0.206 e. The summed E-state index contributed by atoms with van der Waals surface area (Å²) in [5, 5.41) is 0. The Labute approximate surface area is 118 Å². The molecule has 0 heterocycles. The molecule has 2 heteroatoms. The molecule has 0 atom stereocenters. The fourth-order valence-electron chi connectivity index (χ4n) is 1.57. The van der Waals surface area contributed by atoms with Crippen LogP contribution in [0.5, 0.6) is 0 Å². The van der Waals surface area contributed by atoms with E-state index in [-0.39, 0.29) is 22.9 Å². The fraction of sp³-hybridized carbons (Fsp3) is 0. The van der Waals surface area contributed by atoms with E-state index in [1.807, 2.05) is 61.4 Å². The molecule has 0 saturated carbocycles. The van der Waals surface area contributed by atoms with Crippen molar-refractivity contribution in [2.24, 2.45) is 0 Å². The van der Waals surface area contributed by atoms with Crippen LogP contribution in [0.3, 0.4) is 0 Å². The van der Waals surface area contributed by atoms with Crippen molar-refractivity contribution in [3.05, 3.63) is 91.0 Å². The van der Waals surface area contributed by atoms with E-state index < -0.39 is 0 Å². The number of hydrogen-bond acceptors (Lipinski definition) is 0. The molecule has 0 fully saturated rings. The van der Waals surface area contributed by atoms with E-state index in [1.165, 1.54) is 6.07 Å². The minimum atomic E-state index is -0.163. The van der Waals surface area contributed by atoms with Gasteiger partial charge in [0.1, 0.15) is 5.82 Å². The summed E-state index contributed by atoms with van der Waals surface area (Å²) in [6.07, 6.45) is 17.6. The zero-order valence-corrected chi connectivity index (χ0v) is 10.8. The van der Waals surface area contributed by atoms with Gasteiger partial charge in [-0.3, -0.25) is 0 Å². The Bertz CT molecular complexity index is 486. The molecular weight excluding hydrogens is 267 g/mol. The quantitative estimate of drug-likeness (QED) is 0.673. The second-order valence-corrected chi connectivity index (χ2v) is 3.62. The Balaban J connectivity index is 0.000000230. The van der Waals surface area contributed by atoms with Gasteiger partial charge in [-0.1, -0.05) is 60.7 Å². The molecule has 0 bridgehead atoms. The van der Waals surface area contributed by atoms with Gasteiger partial charge in [-0.25, -0.2) is 4.39 Å². The number of hydrogen-bond donors (Lipinski definition) is 0. The van der Waals surface area contributed by atoms with Crippen molar-refractivity contribution < 1.29 is 21.5 Å². The maximum atomic E-state index is 13.2. The van der Waals surface area contributed by atoms with Crippen LogP contribution in [0.4, 0.5) is 4.39 Å². The number of rotatable bonds is 1. The van der Waals surface area contributed by atoms with Crippen molar-refractivity contribution in [1.82, 2.24) is 0 Å². The van der Waals surface area contributed by atoms with Crippen LogP contribution in [0.25, 0.3) is 5.57 Å². The van der Waals surface area contributed by atoms with Crippen molar-refractivity contribution in [2.45, 2.75) is 0 Å². The van der Waals surface area contributed by atoms with E-state index in [9.17, 15) is 4.39 Å². The summed E-state index contributed by atoms with van der Waals surface area (Å²) in [6.45, 7) is 0. The van der Waals surface area contributed by atoms with Gasteiger partial charge in [0.15, 0.2) is 0 Å². The van der Waals surface area contributed by atoms with E-state index in [0.29, 0.717) is 5.56 Å². The topological polar surface area (TPSA) is 0 Å². The molecule has 0 spiro atoms.